The van der Waals surface area contributed by atoms with Crippen molar-refractivity contribution in [3.8, 4) is 5.75 Å². The molecule has 0 spiro atoms. The highest BCUT2D eigenvalue weighted by Crippen LogP contribution is 2.34. The highest BCUT2D eigenvalue weighted by Gasteiger charge is 2.22. The molecule has 1 aromatic carbocycles. The van der Waals surface area contributed by atoms with Gasteiger partial charge in [-0.15, -0.1) is 0 Å². The fraction of sp³-hybridized carbons (Fsp3) is 0.333. The van der Waals surface area contributed by atoms with E-state index in [4.69, 9.17) is 9.84 Å². The molecule has 0 saturated carbocycles. The summed E-state index contributed by atoms with van der Waals surface area (Å²) in [5.74, 6) is 0.419. The summed E-state index contributed by atoms with van der Waals surface area (Å²) in [4.78, 5) is 0. The Labute approximate surface area is 88.6 Å². The zero-order valence-electron chi connectivity index (χ0n) is 7.38. The van der Waals surface area contributed by atoms with Gasteiger partial charge in [0.2, 0.25) is 0 Å². The minimum Gasteiger partial charge on any atom is -0.496 e. The number of hydrogen-bond donors (Lipinski definition) is 1. The molecule has 2 nitrogen and oxygen atoms in total. The quantitative estimate of drug-likeness (QED) is 0.912. The van der Waals surface area contributed by atoms with E-state index in [1.165, 1.54) is 13.2 Å². The van der Waals surface area contributed by atoms with Crippen LogP contribution in [0.25, 0.3) is 0 Å². The SMILES string of the molecule is COc1cccc(C(O)C(F)F)c1Br. The standard InChI is InChI=1S/C9H9BrF2O2/c1-14-6-4-2-3-5(7(6)10)8(13)9(11)12/h2-4,8-9,13H,1H3. The van der Waals surface area contributed by atoms with Crippen LogP contribution in [0, 0.1) is 0 Å². The molecular formula is C9H9BrF2O2. The minimum atomic E-state index is -2.81. The van der Waals surface area contributed by atoms with Crippen molar-refractivity contribution < 1.29 is 18.6 Å². The van der Waals surface area contributed by atoms with Crippen LogP contribution in [0.3, 0.4) is 0 Å². The van der Waals surface area contributed by atoms with Crippen LogP contribution >= 0.6 is 15.9 Å². The molecule has 5 heteroatoms. The predicted molar refractivity (Wildman–Crippen MR) is 51.7 cm³/mol. The van der Waals surface area contributed by atoms with E-state index in [-0.39, 0.29) is 5.56 Å². The first-order chi connectivity index (χ1) is 6.57. The van der Waals surface area contributed by atoms with Crippen LogP contribution in [-0.2, 0) is 0 Å². The molecule has 0 aliphatic carbocycles. The number of methoxy groups -OCH3 is 1. The van der Waals surface area contributed by atoms with Gasteiger partial charge in [0.25, 0.3) is 6.43 Å². The number of aliphatic hydroxyl groups excluding tert-OH is 1. The van der Waals surface area contributed by atoms with E-state index in [0.717, 1.165) is 0 Å². The van der Waals surface area contributed by atoms with Gasteiger partial charge in [0.05, 0.1) is 11.6 Å². The zero-order chi connectivity index (χ0) is 10.7. The monoisotopic (exact) mass is 266 g/mol. The summed E-state index contributed by atoms with van der Waals surface area (Å²) in [6, 6.07) is 4.58. The van der Waals surface area contributed by atoms with Crippen molar-refractivity contribution in [2.45, 2.75) is 12.5 Å². The molecule has 14 heavy (non-hydrogen) atoms. The topological polar surface area (TPSA) is 29.5 Å². The van der Waals surface area contributed by atoms with E-state index in [9.17, 15) is 8.78 Å². The van der Waals surface area contributed by atoms with E-state index in [1.54, 1.807) is 12.1 Å². The Bertz CT molecular complexity index is 318. The molecule has 0 aliphatic rings. The average molecular weight is 267 g/mol. The number of benzene rings is 1. The van der Waals surface area contributed by atoms with Gasteiger partial charge in [-0.2, -0.15) is 0 Å². The van der Waals surface area contributed by atoms with Gasteiger partial charge in [-0.05, 0) is 22.0 Å². The lowest BCUT2D eigenvalue weighted by Gasteiger charge is -2.13. The van der Waals surface area contributed by atoms with Crippen molar-refractivity contribution in [2.75, 3.05) is 7.11 Å². The normalized spacial score (nSPS) is 13.0. The summed E-state index contributed by atoms with van der Waals surface area (Å²) in [5, 5.41) is 9.16. The summed E-state index contributed by atoms with van der Waals surface area (Å²) >= 11 is 3.09. The molecule has 0 amide bonds. The van der Waals surface area contributed by atoms with E-state index in [0.29, 0.717) is 10.2 Å². The van der Waals surface area contributed by atoms with Gasteiger partial charge < -0.3 is 9.84 Å². The lowest BCUT2D eigenvalue weighted by Crippen LogP contribution is -2.08. The number of hydrogen-bond acceptors (Lipinski definition) is 2. The van der Waals surface area contributed by atoms with E-state index in [2.05, 4.69) is 15.9 Å². The Morgan fingerprint density at radius 3 is 2.57 bits per heavy atom. The second-order valence-corrected chi connectivity index (χ2v) is 3.44. The van der Waals surface area contributed by atoms with Gasteiger partial charge >= 0.3 is 0 Å². The second kappa shape index (κ2) is 4.70. The molecule has 0 fully saturated rings. The summed E-state index contributed by atoms with van der Waals surface area (Å²) in [6.45, 7) is 0. The van der Waals surface area contributed by atoms with Crippen molar-refractivity contribution in [2.24, 2.45) is 0 Å². The second-order valence-electron chi connectivity index (χ2n) is 2.64. The number of alkyl halides is 2. The van der Waals surface area contributed by atoms with Crippen LogP contribution in [0.4, 0.5) is 8.78 Å². The molecule has 0 radical (unpaired) electrons. The first-order valence-corrected chi connectivity index (χ1v) is 4.66. The zero-order valence-corrected chi connectivity index (χ0v) is 8.96. The molecule has 1 atom stereocenters. The fourth-order valence-corrected chi connectivity index (χ4v) is 1.71. The molecular weight excluding hydrogens is 258 g/mol. The molecule has 0 aromatic heterocycles. The largest absolute Gasteiger partial charge is 0.496 e. The van der Waals surface area contributed by atoms with Gasteiger partial charge in [0.1, 0.15) is 11.9 Å². The molecule has 1 unspecified atom stereocenters. The van der Waals surface area contributed by atoms with Crippen molar-refractivity contribution in [1.82, 2.24) is 0 Å². The molecule has 78 valence electrons. The third kappa shape index (κ3) is 2.22. The fourth-order valence-electron chi connectivity index (χ4n) is 1.05. The van der Waals surface area contributed by atoms with Crippen LogP contribution < -0.4 is 4.74 Å². The average Bonchev–Trinajstić information content (AvgIpc) is 2.17. The highest BCUT2D eigenvalue weighted by atomic mass is 79.9. The summed E-state index contributed by atoms with van der Waals surface area (Å²) < 4.78 is 29.7. The van der Waals surface area contributed by atoms with Crippen molar-refractivity contribution in [1.29, 1.82) is 0 Å². The van der Waals surface area contributed by atoms with Gasteiger partial charge in [0, 0.05) is 5.56 Å². The number of ether oxygens (including phenoxy) is 1. The lowest BCUT2D eigenvalue weighted by molar-refractivity contribution is -0.00628. The maximum absolute atomic E-state index is 12.2. The maximum Gasteiger partial charge on any atom is 0.268 e. The molecule has 0 heterocycles. The van der Waals surface area contributed by atoms with Crippen LogP contribution in [0.1, 0.15) is 11.7 Å². The first-order valence-electron chi connectivity index (χ1n) is 3.86. The Morgan fingerprint density at radius 2 is 2.07 bits per heavy atom. The van der Waals surface area contributed by atoms with Crippen LogP contribution in [0.15, 0.2) is 22.7 Å². The smallest absolute Gasteiger partial charge is 0.268 e. The summed E-state index contributed by atoms with van der Waals surface area (Å²) in [6.07, 6.45) is -4.60. The van der Waals surface area contributed by atoms with Gasteiger partial charge in [-0.3, -0.25) is 0 Å². The predicted octanol–water partition coefficient (Wildman–Crippen LogP) is 2.76. The van der Waals surface area contributed by atoms with E-state index >= 15 is 0 Å². The van der Waals surface area contributed by atoms with Gasteiger partial charge in [-0.1, -0.05) is 12.1 Å². The first kappa shape index (κ1) is 11.4. The third-order valence-electron chi connectivity index (χ3n) is 1.77. The van der Waals surface area contributed by atoms with Crippen LogP contribution in [0.2, 0.25) is 0 Å². The number of halogens is 3. The number of rotatable bonds is 3. The van der Waals surface area contributed by atoms with Crippen molar-refractivity contribution >= 4 is 15.9 Å². The lowest BCUT2D eigenvalue weighted by atomic mass is 10.1. The molecule has 0 saturated heterocycles. The number of aliphatic hydroxyl groups is 1. The molecule has 0 bridgehead atoms. The summed E-state index contributed by atoms with van der Waals surface area (Å²) in [7, 11) is 1.43. The molecule has 1 rings (SSSR count). The molecule has 1 N–H and O–H groups in total. The van der Waals surface area contributed by atoms with E-state index < -0.39 is 12.5 Å². The Balaban J connectivity index is 3.09. The van der Waals surface area contributed by atoms with E-state index in [1.807, 2.05) is 0 Å². The maximum atomic E-state index is 12.2. The molecule has 1 aromatic rings. The minimum absolute atomic E-state index is 0.124. The van der Waals surface area contributed by atoms with Crippen molar-refractivity contribution in [3.63, 3.8) is 0 Å². The Kier molecular flexibility index (Phi) is 3.83. The van der Waals surface area contributed by atoms with Crippen molar-refractivity contribution in [3.05, 3.63) is 28.2 Å². The third-order valence-corrected chi connectivity index (χ3v) is 2.62. The van der Waals surface area contributed by atoms with Crippen LogP contribution in [0.5, 0.6) is 5.75 Å². The summed E-state index contributed by atoms with van der Waals surface area (Å²) in [5.41, 5.74) is 0.124. The van der Waals surface area contributed by atoms with Crippen LogP contribution in [-0.4, -0.2) is 18.6 Å². The Morgan fingerprint density at radius 1 is 1.43 bits per heavy atom. The van der Waals surface area contributed by atoms with Gasteiger partial charge in [-0.25, -0.2) is 8.78 Å². The highest BCUT2D eigenvalue weighted by molar-refractivity contribution is 9.10. The Hall–Kier alpha value is -0.680. The molecule has 0 aliphatic heterocycles. The van der Waals surface area contributed by atoms with Gasteiger partial charge in [0.15, 0.2) is 0 Å².